The fourth-order valence-electron chi connectivity index (χ4n) is 13.9. The van der Waals surface area contributed by atoms with Crippen LogP contribution in [0, 0.1) is 0 Å². The van der Waals surface area contributed by atoms with Gasteiger partial charge in [0.1, 0.15) is 73.2 Å². The maximum Gasteiger partial charge on any atom is 0.220 e. The molecule has 0 saturated carbocycles. The van der Waals surface area contributed by atoms with Crippen molar-refractivity contribution in [2.75, 3.05) is 26.4 Å². The molecule has 0 radical (unpaired) electrons. The number of ether oxygens (including phenoxy) is 6. The molecule has 0 bridgehead atoms. The van der Waals surface area contributed by atoms with Crippen molar-refractivity contribution < 1.29 is 89.4 Å². The Hall–Kier alpha value is -3.81. The summed E-state index contributed by atoms with van der Waals surface area (Å²) in [7, 11) is 0. The molecule has 3 saturated heterocycles. The molecular weight excluding hydrogens is 1380 g/mol. The fraction of sp³-hybridized carbons (Fsp3) is 0.767. The van der Waals surface area contributed by atoms with E-state index in [-0.39, 0.29) is 18.9 Å². The molecule has 3 aliphatic rings. The molecule has 0 aromatic heterocycles. The molecule has 17 atom stereocenters. The van der Waals surface area contributed by atoms with Gasteiger partial charge in [-0.3, -0.25) is 4.79 Å². The molecule has 19 heteroatoms. The third-order valence-electron chi connectivity index (χ3n) is 20.7. The van der Waals surface area contributed by atoms with Gasteiger partial charge in [-0.1, -0.05) is 322 Å². The topological polar surface area (TPSA) is 307 Å². The molecule has 3 fully saturated rings. The highest BCUT2D eigenvalue weighted by Crippen LogP contribution is 2.33. The van der Waals surface area contributed by atoms with Crippen LogP contribution >= 0.6 is 0 Å². The molecule has 3 aliphatic heterocycles. The van der Waals surface area contributed by atoms with Crippen molar-refractivity contribution in [1.82, 2.24) is 5.32 Å². The van der Waals surface area contributed by atoms with Gasteiger partial charge in [0.05, 0.1) is 38.6 Å². The highest BCUT2D eigenvalue weighted by Gasteiger charge is 2.54. The third kappa shape index (κ3) is 47.6. The van der Waals surface area contributed by atoms with Crippen LogP contribution in [0.3, 0.4) is 0 Å². The highest BCUT2D eigenvalue weighted by atomic mass is 16.8. The molecule has 17 unspecified atom stereocenters. The van der Waals surface area contributed by atoms with E-state index in [1.165, 1.54) is 186 Å². The Kier molecular flexibility index (Phi) is 62.5. The lowest BCUT2D eigenvalue weighted by molar-refractivity contribution is -0.379. The summed E-state index contributed by atoms with van der Waals surface area (Å²) in [6.45, 7) is 1.62. The zero-order valence-electron chi connectivity index (χ0n) is 67.5. The molecule has 3 rings (SSSR count). The third-order valence-corrected chi connectivity index (χ3v) is 20.7. The van der Waals surface area contributed by atoms with E-state index in [1.54, 1.807) is 6.08 Å². The van der Waals surface area contributed by atoms with E-state index in [9.17, 15) is 61.0 Å². The first-order valence-corrected chi connectivity index (χ1v) is 43.3. The van der Waals surface area contributed by atoms with Crippen molar-refractivity contribution in [1.29, 1.82) is 0 Å². The molecule has 0 aromatic carbocycles. The van der Waals surface area contributed by atoms with Gasteiger partial charge in [-0.25, -0.2) is 0 Å². The van der Waals surface area contributed by atoms with Crippen LogP contribution in [-0.2, 0) is 33.2 Å². The zero-order chi connectivity index (χ0) is 78.8. The first-order valence-electron chi connectivity index (χ1n) is 43.3. The van der Waals surface area contributed by atoms with E-state index < -0.39 is 124 Å². The van der Waals surface area contributed by atoms with Crippen LogP contribution in [0.2, 0.25) is 0 Å². The number of unbranched alkanes of at least 4 members (excludes halogenated alkanes) is 34. The van der Waals surface area contributed by atoms with Crippen molar-refractivity contribution in [2.24, 2.45) is 0 Å². The monoisotopic (exact) mass is 1540 g/mol. The average molecular weight is 1540 g/mol. The van der Waals surface area contributed by atoms with Crippen LogP contribution in [-0.4, -0.2) is 193 Å². The number of hydrogen-bond acceptors (Lipinski definition) is 18. The molecule has 3 heterocycles. The molecule has 0 aliphatic carbocycles. The first-order chi connectivity index (χ1) is 53.3. The number of nitrogens with one attached hydrogen (secondary N) is 1. The molecule has 0 aromatic rings. The van der Waals surface area contributed by atoms with Gasteiger partial charge in [-0.15, -0.1) is 0 Å². The summed E-state index contributed by atoms with van der Waals surface area (Å²) in [6.07, 6.45) is 70.5. The van der Waals surface area contributed by atoms with E-state index in [4.69, 9.17) is 28.4 Å². The van der Waals surface area contributed by atoms with Crippen LogP contribution in [0.15, 0.2) is 122 Å². The van der Waals surface area contributed by atoms with Crippen LogP contribution in [0.4, 0.5) is 0 Å². The smallest absolute Gasteiger partial charge is 0.220 e. The number of rotatable bonds is 68. The summed E-state index contributed by atoms with van der Waals surface area (Å²) in [5, 5.41) is 121. The molecule has 12 N–H and O–H groups in total. The summed E-state index contributed by atoms with van der Waals surface area (Å²) >= 11 is 0. The second kappa shape index (κ2) is 68.6. The van der Waals surface area contributed by atoms with Crippen LogP contribution in [0.1, 0.15) is 309 Å². The van der Waals surface area contributed by atoms with Crippen molar-refractivity contribution in [3.63, 3.8) is 0 Å². The van der Waals surface area contributed by atoms with Gasteiger partial charge in [0.2, 0.25) is 5.91 Å². The predicted octanol–water partition coefficient (Wildman–Crippen LogP) is 15.8. The van der Waals surface area contributed by atoms with Crippen LogP contribution in [0.25, 0.3) is 0 Å². The maximum absolute atomic E-state index is 13.5. The quantitative estimate of drug-likeness (QED) is 0.0199. The summed E-state index contributed by atoms with van der Waals surface area (Å²) in [5.41, 5.74) is 0. The largest absolute Gasteiger partial charge is 0.394 e. The van der Waals surface area contributed by atoms with Crippen LogP contribution < -0.4 is 5.32 Å². The summed E-state index contributed by atoms with van der Waals surface area (Å²) in [4.78, 5) is 13.5. The first kappa shape index (κ1) is 99.4. The number of amides is 1. The van der Waals surface area contributed by atoms with Crippen LogP contribution in [0.5, 0.6) is 0 Å². The Morgan fingerprint density at radius 3 is 1.03 bits per heavy atom. The molecule has 109 heavy (non-hydrogen) atoms. The number of aliphatic hydroxyl groups excluding tert-OH is 11. The number of allylic oxidation sites excluding steroid dienone is 19. The second-order valence-corrected chi connectivity index (χ2v) is 30.2. The SMILES string of the molecule is CC/C=C\C/C=C\C/C=C\C/C=C\C/C=C\C/C=C\C/C=C\CCCCCCCCCCCCCCCCCCCC(=O)NC(COC1OC(CO)C(OC2OC(CO)C(OC3OC(CO)C(O)C(O)C3O)C(O)C2O)C(O)C1O)C(O)/C=C/CC/C=C/CC/C=C/CCCCCCCCCCCCCCCCC. The average Bonchev–Trinajstić information content (AvgIpc) is 0.759. The molecule has 0 spiro atoms. The molecule has 628 valence electrons. The Balaban J connectivity index is 1.34. The van der Waals surface area contributed by atoms with Crippen molar-refractivity contribution in [3.05, 3.63) is 122 Å². The van der Waals surface area contributed by atoms with Gasteiger partial charge in [0.15, 0.2) is 18.9 Å². The minimum atomic E-state index is -1.99. The molecular formula is C90H155NO18. The summed E-state index contributed by atoms with van der Waals surface area (Å²) in [6, 6.07) is -1.00. The van der Waals surface area contributed by atoms with E-state index in [0.29, 0.717) is 12.8 Å². The number of hydrogen-bond donors (Lipinski definition) is 12. The Morgan fingerprint density at radius 2 is 0.642 bits per heavy atom. The Bertz CT molecular complexity index is 2440. The van der Waals surface area contributed by atoms with E-state index >= 15 is 0 Å². The minimum absolute atomic E-state index is 0.227. The minimum Gasteiger partial charge on any atom is -0.394 e. The zero-order valence-corrected chi connectivity index (χ0v) is 67.5. The van der Waals surface area contributed by atoms with Crippen molar-refractivity contribution in [2.45, 2.75) is 413 Å². The Morgan fingerprint density at radius 1 is 0.339 bits per heavy atom. The van der Waals surface area contributed by atoms with Crippen molar-refractivity contribution >= 4 is 5.91 Å². The number of carbonyl (C=O) groups excluding carboxylic acids is 1. The molecule has 19 nitrogen and oxygen atoms in total. The van der Waals surface area contributed by atoms with Crippen molar-refractivity contribution in [3.8, 4) is 0 Å². The van der Waals surface area contributed by atoms with E-state index in [1.807, 2.05) is 6.08 Å². The van der Waals surface area contributed by atoms with E-state index in [0.717, 1.165) is 89.9 Å². The summed E-state index contributed by atoms with van der Waals surface area (Å²) in [5.74, 6) is -0.290. The van der Waals surface area contributed by atoms with Gasteiger partial charge in [-0.2, -0.15) is 0 Å². The number of carbonyl (C=O) groups is 1. The normalized spacial score (nSPS) is 25.9. The lowest BCUT2D eigenvalue weighted by Crippen LogP contribution is -2.66. The number of aliphatic hydroxyl groups is 11. The molecule has 1 amide bonds. The standard InChI is InChI=1S/C90H155NO18/c1-3-5-7-9-11-13-15-17-19-21-23-25-27-29-30-31-32-33-34-35-36-37-38-39-40-41-42-44-46-48-50-52-54-56-58-60-62-64-66-68-78(96)91-73(74(95)67-65-63-61-59-57-55-53-51-49-47-45-43-28-26-24-22-20-18-16-14-12-10-8-6-4-2)72-104-88-84(102)81(99)86(76(70-93)106-88)109-90-85(103)82(100)87(77(71-94)107-90)108-89-83(101)80(98)79(97)75(69-92)105-89/h5,7,11,13,17,19,23,25,29-30,32-33,35-36,49,51,57,59,65,67,73-77,79-90,92-95,97-103H,3-4,6,8-10,12,14-16,18,20-22,24,26-28,31,34,37-48,50,52-56,58,60-64,66,68-72H2,1-2H3,(H,91,96)/b7-5-,13-11-,19-17-,25-23-,30-29-,33-32-,36-35-,51-49+,59-57+,67-65+. The predicted molar refractivity (Wildman–Crippen MR) is 438 cm³/mol. The second-order valence-electron chi connectivity index (χ2n) is 30.2. The van der Waals surface area contributed by atoms with Gasteiger partial charge >= 0.3 is 0 Å². The lowest BCUT2D eigenvalue weighted by atomic mass is 9.96. The summed E-state index contributed by atoms with van der Waals surface area (Å²) < 4.78 is 34.5. The van der Waals surface area contributed by atoms with E-state index in [2.05, 4.69) is 129 Å². The van der Waals surface area contributed by atoms with Gasteiger partial charge in [0, 0.05) is 6.42 Å². The van der Waals surface area contributed by atoms with Gasteiger partial charge < -0.3 is 89.9 Å². The highest BCUT2D eigenvalue weighted by molar-refractivity contribution is 5.76. The van der Waals surface area contributed by atoms with Gasteiger partial charge in [0.25, 0.3) is 0 Å². The fourth-order valence-corrected chi connectivity index (χ4v) is 13.9. The Labute approximate surface area is 658 Å². The lowest BCUT2D eigenvalue weighted by Gasteiger charge is -2.48. The maximum atomic E-state index is 13.5. The van der Waals surface area contributed by atoms with Gasteiger partial charge in [-0.05, 0) is 103 Å².